The topological polar surface area (TPSA) is 9.23 Å². The van der Waals surface area contributed by atoms with E-state index in [4.69, 9.17) is 4.74 Å². The van der Waals surface area contributed by atoms with Crippen molar-refractivity contribution in [3.63, 3.8) is 0 Å². The Balaban J connectivity index is 1.31. The third-order valence-electron chi connectivity index (χ3n) is 10.1. The zero-order valence-electron chi connectivity index (χ0n) is 25.1. The SMILES string of the molecule is c1ccc(C2(c3ccccc3)c3cc(-c4ccc5cccc6c5c4Oc4ccccc4-6)ccc3-c3c2ccc2ccccc32)cc1. The maximum Gasteiger partial charge on any atom is 0.143 e. The van der Waals surface area contributed by atoms with E-state index < -0.39 is 5.41 Å². The van der Waals surface area contributed by atoms with Crippen LogP contribution in [0.15, 0.2) is 170 Å². The normalized spacial score (nSPS) is 13.6. The minimum absolute atomic E-state index is 0.486. The summed E-state index contributed by atoms with van der Waals surface area (Å²) in [6.45, 7) is 0. The maximum absolute atomic E-state index is 6.80. The molecular formula is C45H28O. The van der Waals surface area contributed by atoms with Crippen LogP contribution in [-0.4, -0.2) is 0 Å². The van der Waals surface area contributed by atoms with Crippen molar-refractivity contribution in [2.24, 2.45) is 0 Å². The van der Waals surface area contributed by atoms with Gasteiger partial charge in [0.1, 0.15) is 11.5 Å². The monoisotopic (exact) mass is 584 g/mol. The van der Waals surface area contributed by atoms with Crippen LogP contribution in [0.25, 0.3) is 54.9 Å². The summed E-state index contributed by atoms with van der Waals surface area (Å²) in [7, 11) is 0. The van der Waals surface area contributed by atoms with Gasteiger partial charge in [0.2, 0.25) is 0 Å². The Morgan fingerprint density at radius 1 is 0.413 bits per heavy atom. The molecule has 0 atom stereocenters. The first-order chi connectivity index (χ1) is 22.8. The molecule has 1 aliphatic carbocycles. The Morgan fingerprint density at radius 3 is 1.89 bits per heavy atom. The van der Waals surface area contributed by atoms with Crippen LogP contribution in [0.5, 0.6) is 11.5 Å². The highest BCUT2D eigenvalue weighted by atomic mass is 16.5. The van der Waals surface area contributed by atoms with Gasteiger partial charge in [-0.15, -0.1) is 0 Å². The van der Waals surface area contributed by atoms with E-state index in [2.05, 4.69) is 170 Å². The van der Waals surface area contributed by atoms with Crippen LogP contribution in [-0.2, 0) is 5.41 Å². The fraction of sp³-hybridized carbons (Fsp3) is 0.0222. The molecule has 1 nitrogen and oxygen atoms in total. The van der Waals surface area contributed by atoms with Gasteiger partial charge in [0.15, 0.2) is 0 Å². The predicted octanol–water partition coefficient (Wildman–Crippen LogP) is 11.8. The van der Waals surface area contributed by atoms with Crippen LogP contribution in [0.1, 0.15) is 22.3 Å². The Hall–Kier alpha value is -5.92. The highest BCUT2D eigenvalue weighted by Gasteiger charge is 2.46. The second kappa shape index (κ2) is 9.54. The summed E-state index contributed by atoms with van der Waals surface area (Å²) in [5, 5.41) is 4.90. The zero-order valence-corrected chi connectivity index (χ0v) is 25.1. The molecule has 214 valence electrons. The van der Waals surface area contributed by atoms with Crippen molar-refractivity contribution in [2.75, 3.05) is 0 Å². The first-order valence-corrected chi connectivity index (χ1v) is 15.9. The number of hydrogen-bond acceptors (Lipinski definition) is 1. The lowest BCUT2D eigenvalue weighted by Crippen LogP contribution is -2.28. The van der Waals surface area contributed by atoms with E-state index in [0.29, 0.717) is 0 Å². The molecule has 1 heterocycles. The largest absolute Gasteiger partial charge is 0.455 e. The second-order valence-corrected chi connectivity index (χ2v) is 12.4. The van der Waals surface area contributed by atoms with Crippen molar-refractivity contribution in [3.8, 4) is 44.9 Å². The van der Waals surface area contributed by atoms with Gasteiger partial charge in [-0.1, -0.05) is 152 Å². The van der Waals surface area contributed by atoms with Crippen molar-refractivity contribution in [3.05, 3.63) is 192 Å². The summed E-state index contributed by atoms with van der Waals surface area (Å²) in [5.41, 5.74) is 11.9. The van der Waals surface area contributed by atoms with Crippen molar-refractivity contribution in [1.82, 2.24) is 0 Å². The van der Waals surface area contributed by atoms with Crippen LogP contribution < -0.4 is 4.74 Å². The van der Waals surface area contributed by atoms with Crippen LogP contribution in [0, 0.1) is 0 Å². The van der Waals surface area contributed by atoms with Crippen molar-refractivity contribution < 1.29 is 4.74 Å². The first kappa shape index (κ1) is 25.4. The van der Waals surface area contributed by atoms with Crippen LogP contribution in [0.2, 0.25) is 0 Å². The van der Waals surface area contributed by atoms with Gasteiger partial charge in [-0.05, 0) is 78.9 Å². The molecule has 8 aromatic carbocycles. The quantitative estimate of drug-likeness (QED) is 0.201. The molecule has 0 saturated carbocycles. The molecule has 0 amide bonds. The Kier molecular flexibility index (Phi) is 5.27. The van der Waals surface area contributed by atoms with Gasteiger partial charge in [0, 0.05) is 16.5 Å². The van der Waals surface area contributed by atoms with Crippen LogP contribution in [0.4, 0.5) is 0 Å². The molecule has 0 N–H and O–H groups in total. The fourth-order valence-electron chi connectivity index (χ4n) is 8.22. The van der Waals surface area contributed by atoms with E-state index in [1.54, 1.807) is 0 Å². The Labute approximate surface area is 268 Å². The molecule has 2 aliphatic rings. The van der Waals surface area contributed by atoms with E-state index in [9.17, 15) is 0 Å². The van der Waals surface area contributed by atoms with Crippen LogP contribution in [0.3, 0.4) is 0 Å². The van der Waals surface area contributed by atoms with Crippen LogP contribution >= 0.6 is 0 Å². The van der Waals surface area contributed by atoms with E-state index >= 15 is 0 Å². The van der Waals surface area contributed by atoms with Gasteiger partial charge in [-0.3, -0.25) is 0 Å². The average Bonchev–Trinajstić information content (AvgIpc) is 3.43. The summed E-state index contributed by atoms with van der Waals surface area (Å²) in [5.74, 6) is 1.83. The van der Waals surface area contributed by atoms with E-state index in [-0.39, 0.29) is 0 Å². The molecule has 1 aliphatic heterocycles. The predicted molar refractivity (Wildman–Crippen MR) is 190 cm³/mol. The first-order valence-electron chi connectivity index (χ1n) is 15.9. The van der Waals surface area contributed by atoms with Gasteiger partial charge in [0.05, 0.1) is 5.41 Å². The third-order valence-corrected chi connectivity index (χ3v) is 10.1. The average molecular weight is 585 g/mol. The molecule has 0 radical (unpaired) electrons. The number of para-hydroxylation sites is 1. The molecule has 10 rings (SSSR count). The van der Waals surface area contributed by atoms with Crippen molar-refractivity contribution >= 4 is 21.5 Å². The summed E-state index contributed by atoms with van der Waals surface area (Å²) in [4.78, 5) is 0. The lowest BCUT2D eigenvalue weighted by molar-refractivity contribution is 0.489. The molecule has 8 aromatic rings. The third kappa shape index (κ3) is 3.35. The smallest absolute Gasteiger partial charge is 0.143 e. The highest BCUT2D eigenvalue weighted by Crippen LogP contribution is 2.59. The molecule has 0 unspecified atom stereocenters. The maximum atomic E-state index is 6.80. The Morgan fingerprint density at radius 2 is 1.07 bits per heavy atom. The van der Waals surface area contributed by atoms with Gasteiger partial charge >= 0.3 is 0 Å². The minimum Gasteiger partial charge on any atom is -0.455 e. The lowest BCUT2D eigenvalue weighted by Gasteiger charge is -2.34. The molecule has 46 heavy (non-hydrogen) atoms. The summed E-state index contributed by atoms with van der Waals surface area (Å²) < 4.78 is 6.80. The molecule has 0 aromatic heterocycles. The molecule has 0 spiro atoms. The summed E-state index contributed by atoms with van der Waals surface area (Å²) >= 11 is 0. The van der Waals surface area contributed by atoms with Gasteiger partial charge in [0.25, 0.3) is 0 Å². The molecular weight excluding hydrogens is 556 g/mol. The van der Waals surface area contributed by atoms with E-state index in [1.165, 1.54) is 60.5 Å². The van der Waals surface area contributed by atoms with Gasteiger partial charge < -0.3 is 4.74 Å². The number of ether oxygens (including phenoxy) is 1. The van der Waals surface area contributed by atoms with Gasteiger partial charge in [-0.2, -0.15) is 0 Å². The summed E-state index contributed by atoms with van der Waals surface area (Å²) in [6.07, 6.45) is 0. The molecule has 0 bridgehead atoms. The lowest BCUT2D eigenvalue weighted by atomic mass is 9.67. The van der Waals surface area contributed by atoms with Crippen molar-refractivity contribution in [2.45, 2.75) is 5.41 Å². The molecule has 1 heteroatoms. The number of benzene rings is 8. The van der Waals surface area contributed by atoms with Crippen molar-refractivity contribution in [1.29, 1.82) is 0 Å². The zero-order chi connectivity index (χ0) is 30.2. The number of fused-ring (bicyclic) bond motifs is 7. The fourth-order valence-corrected chi connectivity index (χ4v) is 8.22. The number of rotatable bonds is 3. The number of hydrogen-bond donors (Lipinski definition) is 0. The summed E-state index contributed by atoms with van der Waals surface area (Å²) in [6, 6.07) is 62.0. The standard InChI is InChI=1S/C45H28O/c1-3-14-32(15-4-1)45(33-16-5-2-6-17-33)39-27-24-29-12-7-8-18-34(29)43(39)38-26-23-31(28-40(38)45)35-25-22-30-13-11-20-37-36-19-9-10-21-41(36)46-44(35)42(30)37/h1-28H. The minimum atomic E-state index is -0.486. The Bertz CT molecular complexity index is 2450. The van der Waals surface area contributed by atoms with E-state index in [1.807, 2.05) is 0 Å². The highest BCUT2D eigenvalue weighted by molar-refractivity contribution is 6.08. The molecule has 0 saturated heterocycles. The van der Waals surface area contributed by atoms with Gasteiger partial charge in [-0.25, -0.2) is 0 Å². The second-order valence-electron chi connectivity index (χ2n) is 12.4. The van der Waals surface area contributed by atoms with E-state index in [0.717, 1.165) is 28.2 Å². The molecule has 0 fully saturated rings.